The Morgan fingerprint density at radius 3 is 2.60 bits per heavy atom. The van der Waals surface area contributed by atoms with Crippen LogP contribution in [0.3, 0.4) is 0 Å². The second-order valence-corrected chi connectivity index (χ2v) is 4.91. The summed E-state index contributed by atoms with van der Waals surface area (Å²) < 4.78 is 12.9. The third-order valence-electron chi connectivity index (χ3n) is 3.33. The fourth-order valence-electron chi connectivity index (χ4n) is 2.44. The summed E-state index contributed by atoms with van der Waals surface area (Å²) in [4.78, 5) is 24.0. The SMILES string of the molecule is Cc1cc2c(c(C(=O)c3ccc(F)cc3)c1)NC(=O)C2. The number of fused-ring (bicyclic) bond motifs is 1. The monoisotopic (exact) mass is 269 g/mol. The molecule has 100 valence electrons. The maximum Gasteiger partial charge on any atom is 0.228 e. The molecule has 0 bridgehead atoms. The molecule has 0 saturated carbocycles. The summed E-state index contributed by atoms with van der Waals surface area (Å²) in [6.07, 6.45) is 0.292. The van der Waals surface area contributed by atoms with E-state index in [9.17, 15) is 14.0 Å². The van der Waals surface area contributed by atoms with E-state index in [1.165, 1.54) is 24.3 Å². The minimum atomic E-state index is -0.385. The van der Waals surface area contributed by atoms with Gasteiger partial charge >= 0.3 is 0 Å². The number of anilines is 1. The Hall–Kier alpha value is -2.49. The van der Waals surface area contributed by atoms with Crippen LogP contribution in [0.5, 0.6) is 0 Å². The van der Waals surface area contributed by atoms with Crippen molar-refractivity contribution in [3.05, 3.63) is 64.5 Å². The highest BCUT2D eigenvalue weighted by Gasteiger charge is 2.24. The molecule has 0 atom stereocenters. The summed E-state index contributed by atoms with van der Waals surface area (Å²) in [5.41, 5.74) is 3.19. The number of carbonyl (C=O) groups excluding carboxylic acids is 2. The van der Waals surface area contributed by atoms with Crippen LogP contribution in [-0.2, 0) is 11.2 Å². The summed E-state index contributed by atoms with van der Waals surface area (Å²) in [5, 5.41) is 2.72. The van der Waals surface area contributed by atoms with Crippen LogP contribution in [0.15, 0.2) is 36.4 Å². The van der Waals surface area contributed by atoms with Crippen molar-refractivity contribution in [2.24, 2.45) is 0 Å². The van der Waals surface area contributed by atoms with Crippen LogP contribution in [0.2, 0.25) is 0 Å². The van der Waals surface area contributed by atoms with Crippen molar-refractivity contribution in [2.75, 3.05) is 5.32 Å². The summed E-state index contributed by atoms with van der Waals surface area (Å²) in [6, 6.07) is 9.04. The van der Waals surface area contributed by atoms with Gasteiger partial charge < -0.3 is 5.32 Å². The minimum Gasteiger partial charge on any atom is -0.325 e. The van der Waals surface area contributed by atoms with Crippen molar-refractivity contribution < 1.29 is 14.0 Å². The van der Waals surface area contributed by atoms with Gasteiger partial charge in [0.1, 0.15) is 5.82 Å². The van der Waals surface area contributed by atoms with Crippen molar-refractivity contribution in [1.29, 1.82) is 0 Å². The minimum absolute atomic E-state index is 0.112. The Kier molecular flexibility index (Phi) is 2.86. The maximum absolute atomic E-state index is 12.9. The fourth-order valence-corrected chi connectivity index (χ4v) is 2.44. The summed E-state index contributed by atoms with van der Waals surface area (Å²) >= 11 is 0. The Bertz CT molecular complexity index is 720. The number of carbonyl (C=O) groups is 2. The van der Waals surface area contributed by atoms with Crippen LogP contribution >= 0.6 is 0 Å². The van der Waals surface area contributed by atoms with Gasteiger partial charge in [0.15, 0.2) is 5.78 Å². The summed E-state index contributed by atoms with van der Waals surface area (Å²) in [5.74, 6) is -0.713. The molecule has 0 fully saturated rings. The van der Waals surface area contributed by atoms with E-state index in [1.807, 2.05) is 13.0 Å². The topological polar surface area (TPSA) is 46.2 Å². The van der Waals surface area contributed by atoms with Gasteiger partial charge in [-0.05, 0) is 48.4 Å². The van der Waals surface area contributed by atoms with Gasteiger partial charge in [0.25, 0.3) is 0 Å². The molecule has 0 aromatic heterocycles. The number of ketones is 1. The maximum atomic E-state index is 12.9. The van der Waals surface area contributed by atoms with Gasteiger partial charge in [-0.3, -0.25) is 9.59 Å². The molecule has 0 unspecified atom stereocenters. The molecule has 20 heavy (non-hydrogen) atoms. The first-order chi connectivity index (χ1) is 9.54. The van der Waals surface area contributed by atoms with Crippen molar-refractivity contribution in [3.63, 3.8) is 0 Å². The van der Waals surface area contributed by atoms with Gasteiger partial charge in [-0.15, -0.1) is 0 Å². The number of nitrogens with one attached hydrogen (secondary N) is 1. The van der Waals surface area contributed by atoms with Gasteiger partial charge in [0.2, 0.25) is 5.91 Å². The van der Waals surface area contributed by atoms with Crippen LogP contribution < -0.4 is 5.32 Å². The number of amides is 1. The molecule has 1 heterocycles. The molecule has 4 heteroatoms. The smallest absolute Gasteiger partial charge is 0.228 e. The van der Waals surface area contributed by atoms with E-state index in [4.69, 9.17) is 0 Å². The first-order valence-electron chi connectivity index (χ1n) is 6.28. The zero-order chi connectivity index (χ0) is 14.3. The lowest BCUT2D eigenvalue weighted by atomic mass is 9.97. The molecule has 2 aromatic rings. The largest absolute Gasteiger partial charge is 0.325 e. The van der Waals surface area contributed by atoms with Crippen LogP contribution in [0.25, 0.3) is 0 Å². The second kappa shape index (κ2) is 4.56. The number of hydrogen-bond donors (Lipinski definition) is 1. The van der Waals surface area contributed by atoms with Crippen molar-refractivity contribution >= 4 is 17.4 Å². The predicted octanol–water partition coefficient (Wildman–Crippen LogP) is 2.86. The van der Waals surface area contributed by atoms with Gasteiger partial charge in [-0.1, -0.05) is 6.07 Å². The number of aryl methyl sites for hydroxylation is 1. The third-order valence-corrected chi connectivity index (χ3v) is 3.33. The quantitative estimate of drug-likeness (QED) is 0.852. The molecule has 1 aliphatic rings. The highest BCUT2D eigenvalue weighted by Crippen LogP contribution is 2.30. The van der Waals surface area contributed by atoms with Crippen molar-refractivity contribution in [1.82, 2.24) is 0 Å². The first-order valence-corrected chi connectivity index (χ1v) is 6.28. The Morgan fingerprint density at radius 1 is 1.20 bits per heavy atom. The molecular weight excluding hydrogens is 257 g/mol. The first kappa shape index (κ1) is 12.5. The molecule has 3 rings (SSSR count). The lowest BCUT2D eigenvalue weighted by Gasteiger charge is -2.09. The van der Waals surface area contributed by atoms with Crippen molar-refractivity contribution in [3.8, 4) is 0 Å². The van der Waals surface area contributed by atoms with E-state index in [1.54, 1.807) is 6.07 Å². The molecule has 0 aliphatic carbocycles. The van der Waals surface area contributed by atoms with E-state index in [0.717, 1.165) is 11.1 Å². The summed E-state index contributed by atoms with van der Waals surface area (Å²) in [7, 11) is 0. The van der Waals surface area contributed by atoms with Crippen LogP contribution in [0, 0.1) is 12.7 Å². The van der Waals surface area contributed by atoms with Crippen molar-refractivity contribution in [2.45, 2.75) is 13.3 Å². The number of halogens is 1. The van der Waals surface area contributed by atoms with E-state index in [0.29, 0.717) is 23.2 Å². The highest BCUT2D eigenvalue weighted by molar-refractivity contribution is 6.16. The third kappa shape index (κ3) is 2.09. The summed E-state index contributed by atoms with van der Waals surface area (Å²) in [6.45, 7) is 1.88. The highest BCUT2D eigenvalue weighted by atomic mass is 19.1. The fraction of sp³-hybridized carbons (Fsp3) is 0.125. The molecule has 0 saturated heterocycles. The van der Waals surface area contributed by atoms with Crippen LogP contribution in [0.1, 0.15) is 27.0 Å². The average Bonchev–Trinajstić information content (AvgIpc) is 2.78. The Labute approximate surface area is 115 Å². The molecule has 1 N–H and O–H groups in total. The lowest BCUT2D eigenvalue weighted by Crippen LogP contribution is -2.08. The van der Waals surface area contributed by atoms with Gasteiger partial charge in [0.05, 0.1) is 12.1 Å². The molecule has 1 amide bonds. The molecule has 0 radical (unpaired) electrons. The molecule has 1 aliphatic heterocycles. The van der Waals surface area contributed by atoms with Gasteiger partial charge in [-0.2, -0.15) is 0 Å². The van der Waals surface area contributed by atoms with E-state index < -0.39 is 0 Å². The Balaban J connectivity index is 2.09. The van der Waals surface area contributed by atoms with Gasteiger partial charge in [0, 0.05) is 11.1 Å². The van der Waals surface area contributed by atoms with Crippen LogP contribution in [-0.4, -0.2) is 11.7 Å². The Morgan fingerprint density at radius 2 is 1.90 bits per heavy atom. The molecular formula is C16H12FNO2. The number of benzene rings is 2. The zero-order valence-corrected chi connectivity index (χ0v) is 10.9. The average molecular weight is 269 g/mol. The molecule has 3 nitrogen and oxygen atoms in total. The number of hydrogen-bond acceptors (Lipinski definition) is 2. The molecule has 2 aromatic carbocycles. The number of rotatable bonds is 2. The second-order valence-electron chi connectivity index (χ2n) is 4.91. The van der Waals surface area contributed by atoms with Crippen LogP contribution in [0.4, 0.5) is 10.1 Å². The lowest BCUT2D eigenvalue weighted by molar-refractivity contribution is -0.115. The van der Waals surface area contributed by atoms with E-state index in [-0.39, 0.29) is 17.5 Å². The normalized spacial score (nSPS) is 13.0. The van der Waals surface area contributed by atoms with Gasteiger partial charge in [-0.25, -0.2) is 4.39 Å². The zero-order valence-electron chi connectivity index (χ0n) is 10.9. The molecule has 0 spiro atoms. The standard InChI is InChI=1S/C16H12FNO2/c1-9-6-11-8-14(19)18-15(11)13(7-9)16(20)10-2-4-12(17)5-3-10/h2-7H,8H2,1H3,(H,18,19). The predicted molar refractivity (Wildman–Crippen MR) is 73.3 cm³/mol. The van der Waals surface area contributed by atoms with E-state index in [2.05, 4.69) is 5.32 Å². The van der Waals surface area contributed by atoms with E-state index >= 15 is 0 Å².